The van der Waals surface area contributed by atoms with Crippen molar-refractivity contribution in [3.05, 3.63) is 55.2 Å². The van der Waals surface area contributed by atoms with E-state index >= 15 is 0 Å². The van der Waals surface area contributed by atoms with Crippen LogP contribution in [0.5, 0.6) is 0 Å². The van der Waals surface area contributed by atoms with Crippen LogP contribution in [0.3, 0.4) is 0 Å². The van der Waals surface area contributed by atoms with Crippen LogP contribution in [0, 0.1) is 0 Å². The molecular weight excluding hydrogens is 350 g/mol. The van der Waals surface area contributed by atoms with Gasteiger partial charge in [-0.2, -0.15) is 5.10 Å². The van der Waals surface area contributed by atoms with Crippen molar-refractivity contribution in [1.29, 1.82) is 0 Å². The van der Waals surface area contributed by atoms with E-state index in [1.165, 1.54) is 0 Å². The summed E-state index contributed by atoms with van der Waals surface area (Å²) in [5.74, 6) is 0. The fraction of sp³-hybridized carbons (Fsp3) is 0.238. The highest BCUT2D eigenvalue weighted by atomic mass is 15.2. The number of hydrogen-bond acceptors (Lipinski definition) is 6. The SMILES string of the molecule is CN[C@@H]1CCN(c2cncc(-c3n[nH]c4cnc(-c5cccnc5)cc34)c2)C1. The first-order valence-corrected chi connectivity index (χ1v) is 9.44. The lowest BCUT2D eigenvalue weighted by atomic mass is 10.1. The molecule has 5 rings (SSSR count). The Labute approximate surface area is 162 Å². The van der Waals surface area contributed by atoms with E-state index < -0.39 is 0 Å². The van der Waals surface area contributed by atoms with Crippen LogP contribution in [0.2, 0.25) is 0 Å². The zero-order valence-corrected chi connectivity index (χ0v) is 15.6. The third-order valence-corrected chi connectivity index (χ3v) is 5.36. The molecule has 0 amide bonds. The second kappa shape index (κ2) is 7.01. The molecule has 0 spiro atoms. The van der Waals surface area contributed by atoms with Crippen molar-refractivity contribution in [3.63, 3.8) is 0 Å². The Bertz CT molecular complexity index is 1110. The predicted molar refractivity (Wildman–Crippen MR) is 110 cm³/mol. The highest BCUT2D eigenvalue weighted by Gasteiger charge is 2.22. The summed E-state index contributed by atoms with van der Waals surface area (Å²) in [6, 6.07) is 8.69. The molecule has 0 unspecified atom stereocenters. The van der Waals surface area contributed by atoms with Crippen LogP contribution in [0.25, 0.3) is 33.4 Å². The molecule has 0 radical (unpaired) electrons. The van der Waals surface area contributed by atoms with Gasteiger partial charge in [0.05, 0.1) is 29.3 Å². The van der Waals surface area contributed by atoms with Crippen molar-refractivity contribution < 1.29 is 0 Å². The predicted octanol–water partition coefficient (Wildman–Crippen LogP) is 2.88. The summed E-state index contributed by atoms with van der Waals surface area (Å²) < 4.78 is 0. The third-order valence-electron chi connectivity index (χ3n) is 5.36. The maximum absolute atomic E-state index is 4.55. The number of hydrogen-bond donors (Lipinski definition) is 2. The number of pyridine rings is 3. The number of fused-ring (bicyclic) bond motifs is 1. The summed E-state index contributed by atoms with van der Waals surface area (Å²) in [5.41, 5.74) is 5.79. The van der Waals surface area contributed by atoms with Crippen LogP contribution >= 0.6 is 0 Å². The smallest absolute Gasteiger partial charge is 0.102 e. The van der Waals surface area contributed by atoms with Gasteiger partial charge in [-0.3, -0.25) is 20.1 Å². The summed E-state index contributed by atoms with van der Waals surface area (Å²) in [5, 5.41) is 12.0. The summed E-state index contributed by atoms with van der Waals surface area (Å²) in [4.78, 5) is 15.6. The number of likely N-dealkylation sites (N-methyl/N-ethyl adjacent to an activating group) is 1. The molecule has 7 nitrogen and oxygen atoms in total. The average molecular weight is 371 g/mol. The fourth-order valence-electron chi connectivity index (χ4n) is 3.77. The van der Waals surface area contributed by atoms with Crippen LogP contribution in [0.4, 0.5) is 5.69 Å². The van der Waals surface area contributed by atoms with Gasteiger partial charge < -0.3 is 10.2 Å². The number of aromatic amines is 1. The van der Waals surface area contributed by atoms with Gasteiger partial charge in [0.2, 0.25) is 0 Å². The number of H-pyrrole nitrogens is 1. The lowest BCUT2D eigenvalue weighted by molar-refractivity contribution is 0.617. The molecule has 1 aliphatic rings. The van der Waals surface area contributed by atoms with Crippen molar-refractivity contribution in [2.75, 3.05) is 25.0 Å². The monoisotopic (exact) mass is 371 g/mol. The molecule has 1 fully saturated rings. The molecule has 0 saturated carbocycles. The Balaban J connectivity index is 1.54. The summed E-state index contributed by atoms with van der Waals surface area (Å²) in [6.45, 7) is 2.03. The van der Waals surface area contributed by atoms with Gasteiger partial charge >= 0.3 is 0 Å². The summed E-state index contributed by atoms with van der Waals surface area (Å²) >= 11 is 0. The minimum absolute atomic E-state index is 0.531. The van der Waals surface area contributed by atoms with E-state index in [-0.39, 0.29) is 0 Å². The van der Waals surface area contributed by atoms with E-state index in [1.807, 2.05) is 44.0 Å². The average Bonchev–Trinajstić information content (AvgIpc) is 3.41. The highest BCUT2D eigenvalue weighted by molar-refractivity contribution is 5.94. The van der Waals surface area contributed by atoms with Crippen molar-refractivity contribution in [2.24, 2.45) is 0 Å². The van der Waals surface area contributed by atoms with Crippen molar-refractivity contribution in [2.45, 2.75) is 12.5 Å². The van der Waals surface area contributed by atoms with Crippen LogP contribution in [0.1, 0.15) is 6.42 Å². The van der Waals surface area contributed by atoms with E-state index in [2.05, 4.69) is 47.5 Å². The largest absolute Gasteiger partial charge is 0.369 e. The number of anilines is 1. The van der Waals surface area contributed by atoms with Gasteiger partial charge in [0.25, 0.3) is 0 Å². The third kappa shape index (κ3) is 2.99. The fourth-order valence-corrected chi connectivity index (χ4v) is 3.77. The van der Waals surface area contributed by atoms with E-state index in [0.29, 0.717) is 6.04 Å². The lowest BCUT2D eigenvalue weighted by Gasteiger charge is -2.18. The van der Waals surface area contributed by atoms with E-state index in [0.717, 1.165) is 58.6 Å². The van der Waals surface area contributed by atoms with E-state index in [1.54, 1.807) is 6.20 Å². The van der Waals surface area contributed by atoms with Gasteiger partial charge in [-0.25, -0.2) is 0 Å². The van der Waals surface area contributed by atoms with Gasteiger partial charge in [0.1, 0.15) is 5.69 Å². The first-order valence-electron chi connectivity index (χ1n) is 9.44. The molecule has 0 bridgehead atoms. The van der Waals surface area contributed by atoms with Crippen LogP contribution < -0.4 is 10.2 Å². The summed E-state index contributed by atoms with van der Waals surface area (Å²) in [6.07, 6.45) is 10.4. The molecule has 0 aromatic carbocycles. The molecule has 2 N–H and O–H groups in total. The second-order valence-corrected chi connectivity index (χ2v) is 7.08. The van der Waals surface area contributed by atoms with Gasteiger partial charge in [-0.1, -0.05) is 0 Å². The maximum atomic E-state index is 4.55. The minimum Gasteiger partial charge on any atom is -0.369 e. The molecule has 4 aromatic rings. The van der Waals surface area contributed by atoms with Crippen LogP contribution in [-0.2, 0) is 0 Å². The van der Waals surface area contributed by atoms with Crippen molar-refractivity contribution in [3.8, 4) is 22.5 Å². The first-order chi connectivity index (χ1) is 13.8. The van der Waals surface area contributed by atoms with Crippen molar-refractivity contribution in [1.82, 2.24) is 30.5 Å². The Morgan fingerprint density at radius 3 is 2.86 bits per heavy atom. The molecule has 0 aliphatic carbocycles. The lowest BCUT2D eigenvalue weighted by Crippen LogP contribution is -2.29. The Hall–Kier alpha value is -3.32. The number of aromatic nitrogens is 5. The van der Waals surface area contributed by atoms with Gasteiger partial charge in [-0.15, -0.1) is 0 Å². The van der Waals surface area contributed by atoms with Gasteiger partial charge in [-0.05, 0) is 37.7 Å². The molecule has 28 heavy (non-hydrogen) atoms. The molecule has 1 atom stereocenters. The Morgan fingerprint density at radius 1 is 1.11 bits per heavy atom. The standard InChI is InChI=1S/C21H21N7/c1-22-16-4-6-28(13-16)17-7-15(10-24-11-17)21-18-8-19(14-3-2-5-23-9-14)25-12-20(18)26-27-21/h2-3,5,7-12,16,22H,4,6,13H2,1H3,(H,26,27)/t16-/m1/s1. The molecule has 7 heteroatoms. The first kappa shape index (κ1) is 16.8. The van der Waals surface area contributed by atoms with Crippen LogP contribution in [0.15, 0.2) is 55.2 Å². The zero-order chi connectivity index (χ0) is 18.9. The molecule has 1 aliphatic heterocycles. The van der Waals surface area contributed by atoms with E-state index in [4.69, 9.17) is 0 Å². The quantitative estimate of drug-likeness (QED) is 0.574. The van der Waals surface area contributed by atoms with Crippen LogP contribution in [-0.4, -0.2) is 51.3 Å². The highest BCUT2D eigenvalue weighted by Crippen LogP contribution is 2.31. The Kier molecular flexibility index (Phi) is 4.21. The van der Waals surface area contributed by atoms with Gasteiger partial charge in [0.15, 0.2) is 0 Å². The van der Waals surface area contributed by atoms with Gasteiger partial charge in [0, 0.05) is 54.2 Å². The number of nitrogens with zero attached hydrogens (tertiary/aromatic N) is 5. The molecule has 4 aromatic heterocycles. The molecule has 5 heterocycles. The number of nitrogens with one attached hydrogen (secondary N) is 2. The van der Waals surface area contributed by atoms with Crippen molar-refractivity contribution >= 4 is 16.6 Å². The molecule has 140 valence electrons. The molecular formula is C21H21N7. The zero-order valence-electron chi connectivity index (χ0n) is 15.6. The number of rotatable bonds is 4. The van der Waals surface area contributed by atoms with E-state index in [9.17, 15) is 0 Å². The molecule has 1 saturated heterocycles. The Morgan fingerprint density at radius 2 is 2.04 bits per heavy atom. The summed E-state index contributed by atoms with van der Waals surface area (Å²) in [7, 11) is 2.02. The minimum atomic E-state index is 0.531. The second-order valence-electron chi connectivity index (χ2n) is 7.08. The topological polar surface area (TPSA) is 82.6 Å². The maximum Gasteiger partial charge on any atom is 0.102 e. The normalized spacial score (nSPS) is 16.8.